The van der Waals surface area contributed by atoms with E-state index in [2.05, 4.69) is 22.1 Å². The molecule has 198 valence electrons. The van der Waals surface area contributed by atoms with Crippen LogP contribution in [0, 0.1) is 0 Å². The van der Waals surface area contributed by atoms with E-state index in [0.717, 1.165) is 17.5 Å². The van der Waals surface area contributed by atoms with Crippen LogP contribution >= 0.6 is 0 Å². The monoisotopic (exact) mass is 506 g/mol. The predicted molar refractivity (Wildman–Crippen MR) is 144 cm³/mol. The second kappa shape index (κ2) is 11.5. The Morgan fingerprint density at radius 3 is 2.59 bits per heavy atom. The van der Waals surface area contributed by atoms with E-state index >= 15 is 0 Å². The third-order valence-electron chi connectivity index (χ3n) is 8.12. The van der Waals surface area contributed by atoms with Crippen LogP contribution in [0.3, 0.4) is 0 Å². The van der Waals surface area contributed by atoms with E-state index in [1.54, 1.807) is 6.07 Å². The lowest BCUT2D eigenvalue weighted by Gasteiger charge is -2.36. The summed E-state index contributed by atoms with van der Waals surface area (Å²) in [6.07, 6.45) is 12.7. The number of benzene rings is 1. The highest BCUT2D eigenvalue weighted by Gasteiger charge is 2.32. The molecule has 0 bridgehead atoms. The number of fused-ring (bicyclic) bond motifs is 1. The molecule has 37 heavy (non-hydrogen) atoms. The molecule has 2 aliphatic rings. The molecule has 0 unspecified atom stereocenters. The van der Waals surface area contributed by atoms with Crippen molar-refractivity contribution in [1.29, 1.82) is 0 Å². The molecular weight excluding hydrogens is 468 g/mol. The smallest absolute Gasteiger partial charge is 0.371 e. The number of nitrogens with one attached hydrogen (secondary N) is 1. The molecule has 0 radical (unpaired) electrons. The van der Waals surface area contributed by atoms with Crippen LogP contribution in [0.2, 0.25) is 0 Å². The highest BCUT2D eigenvalue weighted by atomic mass is 16.4. The van der Waals surface area contributed by atoms with Gasteiger partial charge in [-0.15, -0.1) is 0 Å². The number of likely N-dealkylation sites (tertiary alicyclic amines) is 1. The summed E-state index contributed by atoms with van der Waals surface area (Å²) >= 11 is 0. The van der Waals surface area contributed by atoms with Crippen LogP contribution in [0.25, 0.3) is 11.0 Å². The van der Waals surface area contributed by atoms with Gasteiger partial charge in [-0.05, 0) is 69.8 Å². The summed E-state index contributed by atoms with van der Waals surface area (Å²) in [7, 11) is 0. The molecule has 1 aromatic carbocycles. The summed E-state index contributed by atoms with van der Waals surface area (Å²) in [6.45, 7) is 3.50. The SMILES string of the molecule is C[C@@H](C[C@@H]1CCCN1C1CCCCCCC1)n1c(=O)c(NCc2ccc(C(=O)O)o2)nc2ccccc21. The number of anilines is 1. The highest BCUT2D eigenvalue weighted by molar-refractivity contribution is 5.84. The third kappa shape index (κ3) is 5.74. The van der Waals surface area contributed by atoms with E-state index in [1.165, 1.54) is 70.4 Å². The molecule has 8 nitrogen and oxygen atoms in total. The number of furan rings is 1. The third-order valence-corrected chi connectivity index (χ3v) is 8.12. The van der Waals surface area contributed by atoms with Crippen LogP contribution in [0.4, 0.5) is 5.82 Å². The van der Waals surface area contributed by atoms with Crippen molar-refractivity contribution in [1.82, 2.24) is 14.5 Å². The fourth-order valence-corrected chi connectivity index (χ4v) is 6.32. The van der Waals surface area contributed by atoms with E-state index in [-0.39, 0.29) is 29.7 Å². The Bertz CT molecular complexity index is 1270. The van der Waals surface area contributed by atoms with Gasteiger partial charge in [-0.2, -0.15) is 0 Å². The number of aromatic carboxylic acids is 1. The van der Waals surface area contributed by atoms with Gasteiger partial charge in [-0.3, -0.25) is 9.69 Å². The van der Waals surface area contributed by atoms with Gasteiger partial charge in [-0.1, -0.05) is 44.2 Å². The molecule has 3 heterocycles. The van der Waals surface area contributed by atoms with E-state index in [4.69, 9.17) is 9.52 Å². The Balaban J connectivity index is 1.37. The van der Waals surface area contributed by atoms with E-state index in [9.17, 15) is 9.59 Å². The van der Waals surface area contributed by atoms with Crippen LogP contribution < -0.4 is 10.9 Å². The first-order valence-corrected chi connectivity index (χ1v) is 13.8. The molecule has 8 heteroatoms. The fourth-order valence-electron chi connectivity index (χ4n) is 6.32. The van der Waals surface area contributed by atoms with Gasteiger partial charge in [0.05, 0.1) is 17.6 Å². The first-order valence-electron chi connectivity index (χ1n) is 13.8. The Kier molecular flexibility index (Phi) is 7.93. The fraction of sp³-hybridized carbons (Fsp3) is 0.552. The number of hydrogen-bond acceptors (Lipinski definition) is 6. The molecule has 3 aromatic rings. The zero-order chi connectivity index (χ0) is 25.8. The predicted octanol–water partition coefficient (Wildman–Crippen LogP) is 5.83. The average molecular weight is 507 g/mol. The number of para-hydroxylation sites is 2. The van der Waals surface area contributed by atoms with Crippen LogP contribution in [0.15, 0.2) is 45.6 Å². The Hall–Kier alpha value is -3.13. The van der Waals surface area contributed by atoms with Crippen molar-refractivity contribution < 1.29 is 14.3 Å². The lowest BCUT2D eigenvalue weighted by atomic mass is 9.94. The van der Waals surface area contributed by atoms with Gasteiger partial charge in [0, 0.05) is 18.1 Å². The molecule has 2 N–H and O–H groups in total. The van der Waals surface area contributed by atoms with Crippen molar-refractivity contribution in [3.05, 3.63) is 58.3 Å². The number of carboxylic acids is 1. The normalized spacial score (nSPS) is 20.5. The van der Waals surface area contributed by atoms with Gasteiger partial charge in [0.1, 0.15) is 5.76 Å². The van der Waals surface area contributed by atoms with Gasteiger partial charge < -0.3 is 19.4 Å². The summed E-state index contributed by atoms with van der Waals surface area (Å²) < 4.78 is 7.24. The second-order valence-electron chi connectivity index (χ2n) is 10.7. The van der Waals surface area contributed by atoms with Crippen molar-refractivity contribution in [2.45, 2.75) is 95.8 Å². The molecule has 2 aromatic heterocycles. The zero-order valence-corrected chi connectivity index (χ0v) is 21.7. The lowest BCUT2D eigenvalue weighted by Crippen LogP contribution is -2.41. The molecule has 5 rings (SSSR count). The first-order chi connectivity index (χ1) is 18.0. The Morgan fingerprint density at radius 2 is 1.84 bits per heavy atom. The minimum Gasteiger partial charge on any atom is -0.475 e. The molecule has 1 saturated heterocycles. The topological polar surface area (TPSA) is 101 Å². The van der Waals surface area contributed by atoms with Crippen LogP contribution in [0.1, 0.15) is 93.5 Å². The number of carbonyl (C=O) groups is 1. The molecule has 0 amide bonds. The van der Waals surface area contributed by atoms with Crippen LogP contribution in [-0.2, 0) is 6.54 Å². The molecule has 1 saturated carbocycles. The summed E-state index contributed by atoms with van der Waals surface area (Å²) in [5.74, 6) is -0.555. The number of rotatable bonds is 8. The van der Waals surface area contributed by atoms with Crippen molar-refractivity contribution >= 4 is 22.8 Å². The molecule has 1 aliphatic heterocycles. The van der Waals surface area contributed by atoms with Crippen LogP contribution in [-0.4, -0.2) is 44.2 Å². The zero-order valence-electron chi connectivity index (χ0n) is 21.7. The van der Waals surface area contributed by atoms with Gasteiger partial charge >= 0.3 is 5.97 Å². The number of aromatic nitrogens is 2. The lowest BCUT2D eigenvalue weighted by molar-refractivity contribution is 0.0660. The summed E-state index contributed by atoms with van der Waals surface area (Å²) in [4.78, 5) is 32.2. The quantitative estimate of drug-likeness (QED) is 0.396. The number of carboxylic acid groups (broad SMARTS) is 1. The molecule has 1 aliphatic carbocycles. The number of hydrogen-bond donors (Lipinski definition) is 2. The molecule has 2 fully saturated rings. The van der Waals surface area contributed by atoms with E-state index in [0.29, 0.717) is 17.8 Å². The Labute approximate surface area is 217 Å². The van der Waals surface area contributed by atoms with Crippen molar-refractivity contribution in [3.63, 3.8) is 0 Å². The number of nitrogens with zero attached hydrogens (tertiary/aromatic N) is 3. The summed E-state index contributed by atoms with van der Waals surface area (Å²) in [6, 6.07) is 12.0. The maximum Gasteiger partial charge on any atom is 0.371 e. The van der Waals surface area contributed by atoms with Crippen molar-refractivity contribution in [2.75, 3.05) is 11.9 Å². The maximum atomic E-state index is 13.7. The molecule has 2 atom stereocenters. The van der Waals surface area contributed by atoms with Crippen LogP contribution in [0.5, 0.6) is 0 Å². The minimum atomic E-state index is -1.12. The average Bonchev–Trinajstić information content (AvgIpc) is 3.53. The highest BCUT2D eigenvalue weighted by Crippen LogP contribution is 2.32. The van der Waals surface area contributed by atoms with E-state index in [1.807, 2.05) is 28.8 Å². The first kappa shape index (κ1) is 25.5. The van der Waals surface area contributed by atoms with Crippen molar-refractivity contribution in [3.8, 4) is 0 Å². The van der Waals surface area contributed by atoms with E-state index < -0.39 is 5.97 Å². The van der Waals surface area contributed by atoms with Gasteiger partial charge in [-0.25, -0.2) is 9.78 Å². The summed E-state index contributed by atoms with van der Waals surface area (Å²) in [5, 5.41) is 12.2. The summed E-state index contributed by atoms with van der Waals surface area (Å²) in [5.41, 5.74) is 1.43. The maximum absolute atomic E-state index is 13.7. The Morgan fingerprint density at radius 1 is 1.08 bits per heavy atom. The van der Waals surface area contributed by atoms with Gasteiger partial charge in [0.2, 0.25) is 5.76 Å². The second-order valence-corrected chi connectivity index (χ2v) is 10.7. The van der Waals surface area contributed by atoms with Gasteiger partial charge in [0.25, 0.3) is 5.56 Å². The largest absolute Gasteiger partial charge is 0.475 e. The van der Waals surface area contributed by atoms with Gasteiger partial charge in [0.15, 0.2) is 5.82 Å². The standard InChI is InChI=1S/C29H38N4O4/c1-20(18-22-12-9-17-32(22)21-10-5-3-2-4-6-11-21)33-25-14-8-7-13-24(25)31-27(28(33)34)30-19-23-15-16-26(37-23)29(35)36/h7-8,13-16,20-22H,2-6,9-12,17-19H2,1H3,(H,30,31)(H,35,36)/t20-,22-/m0/s1. The minimum absolute atomic E-state index is 0.0160. The van der Waals surface area contributed by atoms with Crippen molar-refractivity contribution in [2.24, 2.45) is 0 Å². The molecular formula is C29H38N4O4. The molecule has 0 spiro atoms.